The zero-order valence-corrected chi connectivity index (χ0v) is 14.3. The van der Waals surface area contributed by atoms with Gasteiger partial charge >= 0.3 is 0 Å². The molecule has 4 N–H and O–H groups in total. The van der Waals surface area contributed by atoms with Gasteiger partial charge in [-0.05, 0) is 62.3 Å². The lowest BCUT2D eigenvalue weighted by atomic mass is 10.2. The van der Waals surface area contributed by atoms with E-state index in [0.717, 1.165) is 56.7 Å². The van der Waals surface area contributed by atoms with Crippen LogP contribution in [0.15, 0.2) is 59.4 Å². The Labute approximate surface area is 145 Å². The first-order chi connectivity index (χ1) is 11.8. The molecule has 2 rings (SSSR count). The topological polar surface area (TPSA) is 70.9 Å². The lowest BCUT2D eigenvalue weighted by Crippen LogP contribution is -2.23. The van der Waals surface area contributed by atoms with Gasteiger partial charge in [-0.3, -0.25) is 5.01 Å². The third-order valence-corrected chi connectivity index (χ3v) is 3.91. The van der Waals surface area contributed by atoms with Gasteiger partial charge in [0.25, 0.3) is 0 Å². The van der Waals surface area contributed by atoms with E-state index in [1.807, 2.05) is 29.4 Å². The van der Waals surface area contributed by atoms with Crippen LogP contribution >= 0.6 is 0 Å². The second-order valence-electron chi connectivity index (χ2n) is 5.86. The van der Waals surface area contributed by atoms with Gasteiger partial charge in [0.1, 0.15) is 0 Å². The molecule has 0 spiro atoms. The van der Waals surface area contributed by atoms with E-state index < -0.39 is 0 Å². The van der Waals surface area contributed by atoms with Gasteiger partial charge in [-0.2, -0.15) is 5.10 Å². The molecule has 0 aromatic heterocycles. The number of benzene rings is 1. The molecule has 1 aromatic rings. The van der Waals surface area contributed by atoms with Gasteiger partial charge in [0, 0.05) is 19.6 Å². The van der Waals surface area contributed by atoms with Crippen molar-refractivity contribution in [1.29, 1.82) is 0 Å². The first-order valence-electron chi connectivity index (χ1n) is 8.72. The molecule has 0 aliphatic carbocycles. The molecule has 0 atom stereocenters. The zero-order chi connectivity index (χ0) is 17.0. The predicted molar refractivity (Wildman–Crippen MR) is 103 cm³/mol. The van der Waals surface area contributed by atoms with E-state index in [-0.39, 0.29) is 0 Å². The van der Waals surface area contributed by atoms with Gasteiger partial charge in [-0.15, -0.1) is 0 Å². The van der Waals surface area contributed by atoms with E-state index in [1.54, 1.807) is 0 Å². The molecule has 24 heavy (non-hydrogen) atoms. The van der Waals surface area contributed by atoms with Crippen LogP contribution in [0.25, 0.3) is 0 Å². The maximum Gasteiger partial charge on any atom is 0.0593 e. The molecule has 1 aromatic carbocycles. The van der Waals surface area contributed by atoms with Crippen LogP contribution in [0.3, 0.4) is 0 Å². The number of hydrogen-bond donors (Lipinski definition) is 2. The first kappa shape index (κ1) is 18.2. The number of unbranched alkanes of at least 4 members (excludes halogenated alkanes) is 1. The Balaban J connectivity index is 1.91. The summed E-state index contributed by atoms with van der Waals surface area (Å²) in [5, 5.41) is 6.66. The molecule has 1 aliphatic rings. The molecule has 5 heteroatoms. The fourth-order valence-electron chi connectivity index (χ4n) is 2.49. The largest absolute Gasteiger partial charge is 0.374 e. The molecule has 0 unspecified atom stereocenters. The van der Waals surface area contributed by atoms with Crippen molar-refractivity contribution < 1.29 is 0 Å². The van der Waals surface area contributed by atoms with Gasteiger partial charge in [-0.1, -0.05) is 24.3 Å². The minimum atomic E-state index is 0.666. The molecule has 0 bridgehead atoms. The monoisotopic (exact) mass is 327 g/mol. The Morgan fingerprint density at radius 1 is 1.08 bits per heavy atom. The Morgan fingerprint density at radius 3 is 2.54 bits per heavy atom. The highest BCUT2D eigenvalue weighted by atomic mass is 15.4. The average molecular weight is 327 g/mol. The van der Waals surface area contributed by atoms with E-state index in [9.17, 15) is 0 Å². The van der Waals surface area contributed by atoms with Crippen LogP contribution < -0.4 is 16.5 Å². The van der Waals surface area contributed by atoms with Gasteiger partial charge in [0.05, 0.1) is 11.9 Å². The summed E-state index contributed by atoms with van der Waals surface area (Å²) >= 11 is 0. The molecular weight excluding hydrogens is 298 g/mol. The first-order valence-corrected chi connectivity index (χ1v) is 8.72. The fraction of sp³-hybridized carbons (Fsp3) is 0.421. The molecule has 1 aliphatic heterocycles. The molecule has 5 nitrogen and oxygen atoms in total. The van der Waals surface area contributed by atoms with E-state index >= 15 is 0 Å². The smallest absolute Gasteiger partial charge is 0.0593 e. The van der Waals surface area contributed by atoms with E-state index in [1.165, 1.54) is 0 Å². The second-order valence-corrected chi connectivity index (χ2v) is 5.86. The van der Waals surface area contributed by atoms with Crippen LogP contribution in [0.1, 0.15) is 19.3 Å². The molecule has 0 saturated heterocycles. The summed E-state index contributed by atoms with van der Waals surface area (Å²) < 4.78 is 0. The summed E-state index contributed by atoms with van der Waals surface area (Å²) in [5.41, 5.74) is 13.4. The van der Waals surface area contributed by atoms with E-state index in [0.29, 0.717) is 6.54 Å². The Hall–Kier alpha value is -2.11. The minimum absolute atomic E-state index is 0.666. The summed E-state index contributed by atoms with van der Waals surface area (Å²) in [7, 11) is 0. The highest BCUT2D eigenvalue weighted by molar-refractivity contribution is 5.83. The number of hydrogen-bond acceptors (Lipinski definition) is 5. The molecule has 0 radical (unpaired) electrons. The van der Waals surface area contributed by atoms with Crippen molar-refractivity contribution in [1.82, 2.24) is 4.90 Å². The predicted octanol–water partition coefficient (Wildman–Crippen LogP) is 2.32. The number of rotatable bonds is 10. The molecule has 1 heterocycles. The highest BCUT2D eigenvalue weighted by Crippen LogP contribution is 2.14. The second kappa shape index (κ2) is 10.6. The van der Waals surface area contributed by atoms with E-state index in [4.69, 9.17) is 11.5 Å². The summed E-state index contributed by atoms with van der Waals surface area (Å²) in [6, 6.07) is 10.2. The van der Waals surface area contributed by atoms with Crippen molar-refractivity contribution in [3.05, 3.63) is 54.3 Å². The maximum atomic E-state index is 5.64. The summed E-state index contributed by atoms with van der Waals surface area (Å²) in [5.74, 6) is 0. The molecule has 0 amide bonds. The number of para-hydroxylation sites is 1. The molecule has 0 fully saturated rings. The lowest BCUT2D eigenvalue weighted by Gasteiger charge is -2.22. The third kappa shape index (κ3) is 6.18. The number of hydrazone groups is 1. The van der Waals surface area contributed by atoms with Gasteiger partial charge in [-0.25, -0.2) is 0 Å². The van der Waals surface area contributed by atoms with Crippen LogP contribution in [-0.4, -0.2) is 43.8 Å². The molecule has 0 saturated carbocycles. The summed E-state index contributed by atoms with van der Waals surface area (Å²) in [4.78, 5) is 2.30. The Kier molecular flexibility index (Phi) is 8.07. The van der Waals surface area contributed by atoms with Crippen LogP contribution in [-0.2, 0) is 0 Å². The number of nitrogens with zero attached hydrogens (tertiary/aromatic N) is 3. The zero-order valence-electron chi connectivity index (χ0n) is 14.3. The van der Waals surface area contributed by atoms with Crippen LogP contribution in [0, 0.1) is 0 Å². The van der Waals surface area contributed by atoms with Crippen molar-refractivity contribution in [2.75, 3.05) is 37.7 Å². The number of nitrogens with two attached hydrogens (primary N) is 2. The quantitative estimate of drug-likeness (QED) is 0.393. The molecular formula is C19H29N5. The van der Waals surface area contributed by atoms with Crippen LogP contribution in [0.4, 0.5) is 5.69 Å². The van der Waals surface area contributed by atoms with Gasteiger partial charge < -0.3 is 16.4 Å². The minimum Gasteiger partial charge on any atom is -0.374 e. The van der Waals surface area contributed by atoms with Gasteiger partial charge in [0.15, 0.2) is 0 Å². The van der Waals surface area contributed by atoms with Crippen molar-refractivity contribution >= 4 is 11.9 Å². The summed E-state index contributed by atoms with van der Waals surface area (Å²) in [6.07, 6.45) is 11.5. The van der Waals surface area contributed by atoms with Crippen molar-refractivity contribution in [3.8, 4) is 0 Å². The normalized spacial score (nSPS) is 14.2. The van der Waals surface area contributed by atoms with Crippen molar-refractivity contribution in [2.45, 2.75) is 19.3 Å². The summed E-state index contributed by atoms with van der Waals surface area (Å²) in [6.45, 7) is 4.24. The standard InChI is InChI=1S/C19H29N5/c20-11-4-5-13-23-15-9-18(10-16-23)17-22-24(14-6-12-21)19-7-2-1-3-8-19/h1-3,7-10,15,17H,4-6,11-14,16,20-21H2/b22-17+. The number of anilines is 1. The molecule has 130 valence electrons. The van der Waals surface area contributed by atoms with Crippen molar-refractivity contribution in [2.24, 2.45) is 16.6 Å². The fourth-order valence-corrected chi connectivity index (χ4v) is 2.49. The highest BCUT2D eigenvalue weighted by Gasteiger charge is 2.05. The SMILES string of the molecule is NCCCCN1C=CC(/C=N/N(CCCN)c2ccccc2)=CC1. The van der Waals surface area contributed by atoms with E-state index in [2.05, 4.69) is 40.5 Å². The average Bonchev–Trinajstić information content (AvgIpc) is 2.64. The lowest BCUT2D eigenvalue weighted by molar-refractivity contribution is 0.398. The van der Waals surface area contributed by atoms with Crippen LogP contribution in [0.2, 0.25) is 0 Å². The van der Waals surface area contributed by atoms with Crippen molar-refractivity contribution in [3.63, 3.8) is 0 Å². The Bertz CT molecular complexity index is 550. The maximum absolute atomic E-state index is 5.64. The third-order valence-electron chi connectivity index (χ3n) is 3.91. The van der Waals surface area contributed by atoms with Gasteiger partial charge in [0.2, 0.25) is 0 Å². The number of allylic oxidation sites excluding steroid dienone is 2. The van der Waals surface area contributed by atoms with Crippen LogP contribution in [0.5, 0.6) is 0 Å². The Morgan fingerprint density at radius 2 is 1.88 bits per heavy atom.